The van der Waals surface area contributed by atoms with Gasteiger partial charge in [-0.2, -0.15) is 0 Å². The van der Waals surface area contributed by atoms with Crippen molar-refractivity contribution in [2.45, 2.75) is 69.9 Å². The van der Waals surface area contributed by atoms with E-state index in [1.807, 2.05) is 0 Å². The number of carbonyl (C=O) groups excluding carboxylic acids is 2. The van der Waals surface area contributed by atoms with E-state index < -0.39 is 63.6 Å². The van der Waals surface area contributed by atoms with Gasteiger partial charge in [0.2, 0.25) is 0 Å². The van der Waals surface area contributed by atoms with Gasteiger partial charge in [-0.25, -0.2) is 9.18 Å². The molecule has 4 rings (SSSR count). The topological polar surface area (TPSA) is 110 Å². The van der Waals surface area contributed by atoms with Crippen LogP contribution in [0, 0.1) is 28.6 Å². The third-order valence-electron chi connectivity index (χ3n) is 8.61. The third-order valence-corrected chi connectivity index (χ3v) is 9.53. The summed E-state index contributed by atoms with van der Waals surface area (Å²) in [6.45, 7) is 6.33. The number of aliphatic hydroxyl groups excluding tert-OH is 1. The number of carbonyl (C=O) groups is 3. The first kappa shape index (κ1) is 23.2. The Bertz CT molecular complexity index is 931. The number of ether oxygens (including phenoxy) is 2. The molecular formula is C23H28ClFO7. The molecule has 0 saturated heterocycles. The van der Waals surface area contributed by atoms with Gasteiger partial charge in [-0.1, -0.05) is 26.8 Å². The smallest absolute Gasteiger partial charge is 0.450 e. The van der Waals surface area contributed by atoms with Gasteiger partial charge < -0.3 is 19.7 Å². The summed E-state index contributed by atoms with van der Waals surface area (Å²) in [5.74, 6) is -4.42. The van der Waals surface area contributed by atoms with E-state index in [1.54, 1.807) is 26.8 Å². The molecule has 0 amide bonds. The van der Waals surface area contributed by atoms with Crippen LogP contribution in [0.1, 0.15) is 47.0 Å². The second kappa shape index (κ2) is 7.03. The third kappa shape index (κ3) is 2.71. The fourth-order valence-corrected chi connectivity index (χ4v) is 7.78. The van der Waals surface area contributed by atoms with Crippen LogP contribution in [0.5, 0.6) is 0 Å². The number of allylic oxidation sites excluding steroid dienone is 4. The second-order valence-electron chi connectivity index (χ2n) is 10.1. The number of esters is 1. The van der Waals surface area contributed by atoms with Gasteiger partial charge in [-0.15, -0.1) is 11.6 Å². The average molecular weight is 471 g/mol. The Kier molecular flexibility index (Phi) is 5.11. The first-order valence-electron chi connectivity index (χ1n) is 10.8. The highest BCUT2D eigenvalue weighted by Crippen LogP contribution is 2.72. The second-order valence-corrected chi connectivity index (χ2v) is 10.8. The van der Waals surface area contributed by atoms with Crippen molar-refractivity contribution < 1.29 is 38.5 Å². The van der Waals surface area contributed by atoms with Crippen LogP contribution >= 0.6 is 11.6 Å². The molecule has 176 valence electrons. The van der Waals surface area contributed by atoms with Gasteiger partial charge >= 0.3 is 12.1 Å². The molecule has 9 heteroatoms. The number of alkyl halides is 2. The summed E-state index contributed by atoms with van der Waals surface area (Å²) < 4.78 is 26.3. The Morgan fingerprint density at radius 2 is 1.88 bits per heavy atom. The normalized spacial score (nSPS) is 49.4. The first-order chi connectivity index (χ1) is 14.7. The number of rotatable bonds is 2. The highest BCUT2D eigenvalue weighted by Gasteiger charge is 2.77. The van der Waals surface area contributed by atoms with Crippen LogP contribution in [0.25, 0.3) is 0 Å². The number of carboxylic acid groups (broad SMARTS) is 1. The molecule has 0 spiro atoms. The fourth-order valence-electron chi connectivity index (χ4n) is 7.29. The van der Waals surface area contributed by atoms with Crippen LogP contribution in [0.2, 0.25) is 0 Å². The van der Waals surface area contributed by atoms with E-state index in [0.29, 0.717) is 6.42 Å². The molecule has 4 aliphatic carbocycles. The predicted octanol–water partition coefficient (Wildman–Crippen LogP) is 3.77. The molecule has 0 aromatic carbocycles. The minimum absolute atomic E-state index is 0.0236. The van der Waals surface area contributed by atoms with Crippen LogP contribution in [0.4, 0.5) is 9.18 Å². The number of fused-ring (bicyclic) bond motifs is 5. The average Bonchev–Trinajstić information content (AvgIpc) is 2.86. The van der Waals surface area contributed by atoms with Crippen LogP contribution < -0.4 is 0 Å². The van der Waals surface area contributed by atoms with Crippen molar-refractivity contribution in [1.29, 1.82) is 0 Å². The standard InChI is InChI=1S/C23H28ClFO7/c1-11-7-14-15-9-17(25)16-8-13(27)5-6-20(16,3)22(15,24)18(28)10-21(14,4)23(11,31-12(2)26)32-19(29)30/h5-6,8,11,14-15,17-18,28H,7,9-10H2,1-4H3,(H,29,30)/t11-,14-,15-,17-,18-,20-,21-,22-,23-/m0/s1. The molecule has 0 bridgehead atoms. The van der Waals surface area contributed by atoms with Crippen molar-refractivity contribution in [3.05, 3.63) is 23.8 Å². The number of aliphatic hydroxyl groups is 1. The molecule has 0 aliphatic heterocycles. The summed E-state index contributed by atoms with van der Waals surface area (Å²) in [6, 6.07) is 0. The molecule has 32 heavy (non-hydrogen) atoms. The Morgan fingerprint density at radius 1 is 1.22 bits per heavy atom. The fraction of sp³-hybridized carbons (Fsp3) is 0.696. The minimum Gasteiger partial charge on any atom is -0.450 e. The minimum atomic E-state index is -1.84. The maximum absolute atomic E-state index is 15.5. The molecule has 7 nitrogen and oxygen atoms in total. The zero-order valence-electron chi connectivity index (χ0n) is 18.4. The van der Waals surface area contributed by atoms with Crippen molar-refractivity contribution in [3.8, 4) is 0 Å². The molecular weight excluding hydrogens is 443 g/mol. The van der Waals surface area contributed by atoms with E-state index in [4.69, 9.17) is 21.1 Å². The van der Waals surface area contributed by atoms with E-state index in [0.717, 1.165) is 0 Å². The molecule has 3 fully saturated rings. The predicted molar refractivity (Wildman–Crippen MR) is 112 cm³/mol. The van der Waals surface area contributed by atoms with Crippen LogP contribution in [-0.2, 0) is 19.1 Å². The lowest BCUT2D eigenvalue weighted by molar-refractivity contribution is -0.286. The number of hydrogen-bond donors (Lipinski definition) is 2. The van der Waals surface area contributed by atoms with Gasteiger partial charge in [0.15, 0.2) is 5.78 Å². The summed E-state index contributed by atoms with van der Waals surface area (Å²) in [5.41, 5.74) is -2.00. The summed E-state index contributed by atoms with van der Waals surface area (Å²) in [5, 5.41) is 21.0. The quantitative estimate of drug-likeness (QED) is 0.359. The van der Waals surface area contributed by atoms with Crippen molar-refractivity contribution in [3.63, 3.8) is 0 Å². The molecule has 3 saturated carbocycles. The summed E-state index contributed by atoms with van der Waals surface area (Å²) >= 11 is 7.25. The molecule has 9 atom stereocenters. The van der Waals surface area contributed by atoms with Gasteiger partial charge in [0.05, 0.1) is 16.4 Å². The van der Waals surface area contributed by atoms with E-state index >= 15 is 4.39 Å². The Hall–Kier alpha value is -1.93. The number of ketones is 1. The van der Waals surface area contributed by atoms with Crippen molar-refractivity contribution in [2.75, 3.05) is 0 Å². The lowest BCUT2D eigenvalue weighted by atomic mass is 9.46. The van der Waals surface area contributed by atoms with Crippen LogP contribution in [0.15, 0.2) is 23.8 Å². The number of hydrogen-bond acceptors (Lipinski definition) is 6. The van der Waals surface area contributed by atoms with E-state index in [1.165, 1.54) is 19.1 Å². The van der Waals surface area contributed by atoms with Gasteiger partial charge in [-0.05, 0) is 48.8 Å². The van der Waals surface area contributed by atoms with Crippen molar-refractivity contribution >= 4 is 29.5 Å². The Morgan fingerprint density at radius 3 is 2.47 bits per heavy atom. The van der Waals surface area contributed by atoms with Crippen molar-refractivity contribution in [2.24, 2.45) is 28.6 Å². The monoisotopic (exact) mass is 470 g/mol. The Labute approximate surface area is 190 Å². The summed E-state index contributed by atoms with van der Waals surface area (Å²) in [4.78, 5) is 34.3. The largest absolute Gasteiger partial charge is 0.509 e. The van der Waals surface area contributed by atoms with Gasteiger partial charge in [0, 0.05) is 18.3 Å². The molecule has 0 radical (unpaired) electrons. The molecule has 0 aromatic heterocycles. The first-order valence-corrected chi connectivity index (χ1v) is 11.2. The highest BCUT2D eigenvalue weighted by atomic mass is 35.5. The molecule has 0 heterocycles. The lowest BCUT2D eigenvalue weighted by Crippen LogP contribution is -2.69. The molecule has 0 unspecified atom stereocenters. The highest BCUT2D eigenvalue weighted by molar-refractivity contribution is 6.26. The summed E-state index contributed by atoms with van der Waals surface area (Å²) in [7, 11) is 0. The zero-order valence-corrected chi connectivity index (χ0v) is 19.2. The summed E-state index contributed by atoms with van der Waals surface area (Å²) in [6.07, 6.45) is 0.211. The molecule has 2 N–H and O–H groups in total. The SMILES string of the molecule is CC(=O)O[C@]1(OC(=O)O)[C@@H](C)C[C@H]2[C@@H]3C[C@H](F)C4=CC(=O)C=C[C@]4(C)[C@@]3(Cl)[C@@H](O)C[C@@]21C. The maximum atomic E-state index is 15.5. The van der Waals surface area contributed by atoms with E-state index in [2.05, 4.69) is 0 Å². The van der Waals surface area contributed by atoms with Crippen LogP contribution in [0.3, 0.4) is 0 Å². The van der Waals surface area contributed by atoms with E-state index in [9.17, 15) is 24.6 Å². The molecule has 0 aromatic rings. The Balaban J connectivity index is 1.87. The zero-order chi connectivity index (χ0) is 23.9. The lowest BCUT2D eigenvalue weighted by Gasteiger charge is -2.64. The van der Waals surface area contributed by atoms with Crippen molar-refractivity contribution in [1.82, 2.24) is 0 Å². The van der Waals surface area contributed by atoms with Crippen LogP contribution in [-0.4, -0.2) is 51.1 Å². The maximum Gasteiger partial charge on any atom is 0.509 e. The number of halogens is 2. The van der Waals surface area contributed by atoms with Gasteiger partial charge in [0.1, 0.15) is 6.17 Å². The van der Waals surface area contributed by atoms with Gasteiger partial charge in [-0.3, -0.25) is 9.59 Å². The van der Waals surface area contributed by atoms with Gasteiger partial charge in [0.25, 0.3) is 5.79 Å². The van der Waals surface area contributed by atoms with E-state index in [-0.39, 0.29) is 24.2 Å². The molecule has 4 aliphatic rings.